The summed E-state index contributed by atoms with van der Waals surface area (Å²) in [4.78, 5) is 33.2. The first kappa shape index (κ1) is 20.7. The zero-order valence-electron chi connectivity index (χ0n) is 16.2. The maximum atomic E-state index is 12.3. The molecule has 0 radical (unpaired) electrons. The van der Waals surface area contributed by atoms with Gasteiger partial charge in [0.05, 0.1) is 12.2 Å². The molecule has 2 heterocycles. The third-order valence-electron chi connectivity index (χ3n) is 4.37. The Balaban J connectivity index is 1.38. The number of hydrogen-bond donors (Lipinski definition) is 2. The minimum atomic E-state index is -0.342. The van der Waals surface area contributed by atoms with Crippen LogP contribution in [0.5, 0.6) is 0 Å². The van der Waals surface area contributed by atoms with Gasteiger partial charge in [0.2, 0.25) is 5.91 Å². The van der Waals surface area contributed by atoms with Crippen molar-refractivity contribution in [3.05, 3.63) is 89.0 Å². The molecule has 0 saturated heterocycles. The summed E-state index contributed by atoms with van der Waals surface area (Å²) < 4.78 is 0. The van der Waals surface area contributed by atoms with E-state index in [1.54, 1.807) is 42.7 Å². The first-order chi connectivity index (χ1) is 15.1. The van der Waals surface area contributed by atoms with Crippen molar-refractivity contribution in [2.75, 3.05) is 11.9 Å². The van der Waals surface area contributed by atoms with Crippen molar-refractivity contribution in [1.29, 1.82) is 0 Å². The summed E-state index contributed by atoms with van der Waals surface area (Å²) in [5.74, 6) is -0.667. The van der Waals surface area contributed by atoms with Gasteiger partial charge in [0.1, 0.15) is 5.01 Å². The molecule has 0 aliphatic carbocycles. The number of anilines is 1. The summed E-state index contributed by atoms with van der Waals surface area (Å²) in [5.41, 5.74) is 3.72. The molecule has 0 aliphatic heterocycles. The number of benzene rings is 2. The molecule has 4 aromatic rings. The number of carbonyl (C=O) groups excluding carboxylic acids is 2. The minimum Gasteiger partial charge on any atom is -0.343 e. The Morgan fingerprint density at radius 2 is 1.81 bits per heavy atom. The molecule has 0 bridgehead atoms. The fraction of sp³-hybridized carbons (Fsp3) is 0.0435. The van der Waals surface area contributed by atoms with Crippen LogP contribution in [0.3, 0.4) is 0 Å². The van der Waals surface area contributed by atoms with Crippen LogP contribution in [0, 0.1) is 0 Å². The van der Waals surface area contributed by atoms with Crippen molar-refractivity contribution >= 4 is 40.4 Å². The Hall–Kier alpha value is -3.55. The summed E-state index contributed by atoms with van der Waals surface area (Å²) >= 11 is 7.35. The molecular formula is C23H17ClN4O2S. The smallest absolute Gasteiger partial charge is 0.251 e. The van der Waals surface area contributed by atoms with Gasteiger partial charge in [0.25, 0.3) is 5.91 Å². The van der Waals surface area contributed by atoms with Crippen LogP contribution in [-0.2, 0) is 4.79 Å². The van der Waals surface area contributed by atoms with Crippen LogP contribution in [0.4, 0.5) is 5.69 Å². The lowest BCUT2D eigenvalue weighted by atomic mass is 10.1. The number of hydrogen-bond acceptors (Lipinski definition) is 5. The van der Waals surface area contributed by atoms with E-state index >= 15 is 0 Å². The third-order valence-corrected chi connectivity index (χ3v) is 5.51. The largest absolute Gasteiger partial charge is 0.343 e. The number of carbonyl (C=O) groups is 2. The lowest BCUT2D eigenvalue weighted by molar-refractivity contribution is -0.115. The molecule has 0 saturated carbocycles. The second-order valence-electron chi connectivity index (χ2n) is 6.60. The molecule has 4 rings (SSSR count). The lowest BCUT2D eigenvalue weighted by Gasteiger charge is -2.08. The number of halogens is 1. The first-order valence-electron chi connectivity index (χ1n) is 9.38. The van der Waals surface area contributed by atoms with Gasteiger partial charge in [-0.15, -0.1) is 11.3 Å². The zero-order valence-corrected chi connectivity index (χ0v) is 17.8. The number of amides is 2. The van der Waals surface area contributed by atoms with Gasteiger partial charge >= 0.3 is 0 Å². The van der Waals surface area contributed by atoms with Gasteiger partial charge in [0, 0.05) is 45.2 Å². The van der Waals surface area contributed by atoms with E-state index < -0.39 is 0 Å². The number of nitrogens with zero attached hydrogens (tertiary/aromatic N) is 2. The fourth-order valence-electron chi connectivity index (χ4n) is 2.85. The number of rotatable bonds is 6. The fourth-order valence-corrected chi connectivity index (χ4v) is 3.80. The van der Waals surface area contributed by atoms with Crippen molar-refractivity contribution in [2.24, 2.45) is 0 Å². The Morgan fingerprint density at radius 3 is 2.58 bits per heavy atom. The van der Waals surface area contributed by atoms with Crippen molar-refractivity contribution < 1.29 is 9.59 Å². The summed E-state index contributed by atoms with van der Waals surface area (Å²) in [6.45, 7) is -0.145. The molecule has 2 aromatic heterocycles. The number of nitrogens with one attached hydrogen (secondary N) is 2. The third kappa shape index (κ3) is 5.33. The van der Waals surface area contributed by atoms with Gasteiger partial charge in [0.15, 0.2) is 0 Å². The Morgan fingerprint density at radius 1 is 1.00 bits per heavy atom. The predicted octanol–water partition coefficient (Wildman–Crippen LogP) is 4.89. The summed E-state index contributed by atoms with van der Waals surface area (Å²) in [6, 6.07) is 17.7. The monoisotopic (exact) mass is 448 g/mol. The zero-order chi connectivity index (χ0) is 21.6. The Kier molecular flexibility index (Phi) is 6.35. The summed E-state index contributed by atoms with van der Waals surface area (Å²) in [7, 11) is 0. The highest BCUT2D eigenvalue weighted by molar-refractivity contribution is 7.13. The summed E-state index contributed by atoms with van der Waals surface area (Å²) in [5, 5.41) is 8.78. The van der Waals surface area contributed by atoms with Crippen LogP contribution >= 0.6 is 22.9 Å². The molecule has 8 heteroatoms. The van der Waals surface area contributed by atoms with E-state index in [-0.39, 0.29) is 18.4 Å². The van der Waals surface area contributed by atoms with Gasteiger partial charge in [-0.05, 0) is 48.5 Å². The highest BCUT2D eigenvalue weighted by Crippen LogP contribution is 2.29. The van der Waals surface area contributed by atoms with Crippen LogP contribution in [0.1, 0.15) is 10.4 Å². The molecule has 2 aromatic carbocycles. The molecule has 154 valence electrons. The SMILES string of the molecule is O=C(CNC(=O)c1ccc(Cl)cc1)Nc1cccc(-c2csc(-c3cccnc3)n2)c1. The van der Waals surface area contributed by atoms with Crippen LogP contribution in [-0.4, -0.2) is 28.3 Å². The average Bonchev–Trinajstić information content (AvgIpc) is 3.29. The van der Waals surface area contributed by atoms with E-state index in [4.69, 9.17) is 11.6 Å². The topological polar surface area (TPSA) is 84.0 Å². The van der Waals surface area contributed by atoms with E-state index in [9.17, 15) is 9.59 Å². The normalized spacial score (nSPS) is 10.5. The first-order valence-corrected chi connectivity index (χ1v) is 10.6. The van der Waals surface area contributed by atoms with Crippen molar-refractivity contribution in [2.45, 2.75) is 0 Å². The lowest BCUT2D eigenvalue weighted by Crippen LogP contribution is -2.32. The molecule has 0 spiro atoms. The quantitative estimate of drug-likeness (QED) is 0.439. The van der Waals surface area contributed by atoms with E-state index in [0.29, 0.717) is 16.3 Å². The van der Waals surface area contributed by atoms with Crippen molar-refractivity contribution in [1.82, 2.24) is 15.3 Å². The van der Waals surface area contributed by atoms with Gasteiger partial charge < -0.3 is 10.6 Å². The second kappa shape index (κ2) is 9.51. The molecule has 0 atom stereocenters. The van der Waals surface area contributed by atoms with Gasteiger partial charge in [-0.25, -0.2) is 4.98 Å². The molecule has 0 fully saturated rings. The number of pyridine rings is 1. The van der Waals surface area contributed by atoms with E-state index in [1.165, 1.54) is 11.3 Å². The molecular weight excluding hydrogens is 432 g/mol. The second-order valence-corrected chi connectivity index (χ2v) is 7.89. The number of thiazole rings is 1. The summed E-state index contributed by atoms with van der Waals surface area (Å²) in [6.07, 6.45) is 3.50. The maximum Gasteiger partial charge on any atom is 0.251 e. The predicted molar refractivity (Wildman–Crippen MR) is 123 cm³/mol. The highest BCUT2D eigenvalue weighted by atomic mass is 35.5. The molecule has 0 aliphatic rings. The Labute approximate surface area is 188 Å². The van der Waals surface area contributed by atoms with Gasteiger partial charge in [-0.3, -0.25) is 14.6 Å². The van der Waals surface area contributed by atoms with Crippen LogP contribution in [0.15, 0.2) is 78.4 Å². The van der Waals surface area contributed by atoms with Crippen LogP contribution in [0.25, 0.3) is 21.8 Å². The molecule has 6 nitrogen and oxygen atoms in total. The molecule has 2 N–H and O–H groups in total. The molecule has 31 heavy (non-hydrogen) atoms. The standard InChI is InChI=1S/C23H17ClN4O2S/c24-18-8-6-15(7-9-18)22(30)26-13-21(29)27-19-5-1-3-16(11-19)20-14-31-23(28-20)17-4-2-10-25-12-17/h1-12,14H,13H2,(H,26,30)(H,27,29). The highest BCUT2D eigenvalue weighted by Gasteiger charge is 2.10. The maximum absolute atomic E-state index is 12.3. The van der Waals surface area contributed by atoms with Crippen LogP contribution in [0.2, 0.25) is 5.02 Å². The van der Waals surface area contributed by atoms with Crippen molar-refractivity contribution in [3.63, 3.8) is 0 Å². The molecule has 2 amide bonds. The Bertz CT molecular complexity index is 1210. The number of aromatic nitrogens is 2. The van der Waals surface area contributed by atoms with Gasteiger partial charge in [-0.1, -0.05) is 23.7 Å². The minimum absolute atomic E-state index is 0.145. The molecule has 0 unspecified atom stereocenters. The van der Waals surface area contributed by atoms with E-state index in [2.05, 4.69) is 20.6 Å². The van der Waals surface area contributed by atoms with Crippen molar-refractivity contribution in [3.8, 4) is 21.8 Å². The average molecular weight is 449 g/mol. The van der Waals surface area contributed by atoms with Crippen LogP contribution < -0.4 is 10.6 Å². The van der Waals surface area contributed by atoms with E-state index in [1.807, 2.05) is 35.7 Å². The van der Waals surface area contributed by atoms with E-state index in [0.717, 1.165) is 21.8 Å². The van der Waals surface area contributed by atoms with Gasteiger partial charge in [-0.2, -0.15) is 0 Å².